The average molecular weight is 110 g/mol. The predicted octanol–water partition coefficient (Wildman–Crippen LogP) is 1.88. The van der Waals surface area contributed by atoms with Gasteiger partial charge in [0.05, 0.1) is 0 Å². The van der Waals surface area contributed by atoms with E-state index in [0.29, 0.717) is 0 Å². The summed E-state index contributed by atoms with van der Waals surface area (Å²) in [6.45, 7) is 0. The lowest BCUT2D eigenvalue weighted by molar-refractivity contribution is 0.935. The van der Waals surface area contributed by atoms with E-state index in [4.69, 9.17) is 0 Å². The van der Waals surface area contributed by atoms with Crippen LogP contribution in [0.25, 0.3) is 0 Å². The van der Waals surface area contributed by atoms with Gasteiger partial charge in [0.1, 0.15) is 8.07 Å². The monoisotopic (exact) mass is 110 g/mol. The van der Waals surface area contributed by atoms with Crippen molar-refractivity contribution in [3.8, 4) is 0 Å². The minimum Gasteiger partial charge on any atom is -0.0979 e. The Morgan fingerprint density at radius 3 is 1.86 bits per heavy atom. The molecule has 0 aromatic heterocycles. The van der Waals surface area contributed by atoms with Crippen LogP contribution in [0.2, 0.25) is 12.1 Å². The first-order valence-corrected chi connectivity index (χ1v) is 5.69. The van der Waals surface area contributed by atoms with Crippen LogP contribution in [0.5, 0.6) is 0 Å². The van der Waals surface area contributed by atoms with Crippen LogP contribution in [0.1, 0.15) is 12.8 Å². The van der Waals surface area contributed by atoms with Gasteiger partial charge in [-0.05, 0) is 0 Å². The molecule has 1 spiro atoms. The van der Waals surface area contributed by atoms with E-state index in [0.717, 1.165) is 0 Å². The smallest absolute Gasteiger partial charge is 0.0979 e. The zero-order valence-electron chi connectivity index (χ0n) is 4.48. The maximum atomic E-state index is 2.50. The molecule has 2 aliphatic heterocycles. The Kier molecular flexibility index (Phi) is 0.570. The molecule has 1 fully saturated rings. The third-order valence-corrected chi connectivity index (χ3v) is 6.02. The van der Waals surface area contributed by atoms with Crippen molar-refractivity contribution in [3.05, 3.63) is 11.4 Å². The molecule has 0 saturated carbocycles. The fraction of sp³-hybridized carbons (Fsp3) is 0.667. The summed E-state index contributed by atoms with van der Waals surface area (Å²) in [5.74, 6) is 0. The Labute approximate surface area is 45.2 Å². The molecular formula is C6H10Si. The van der Waals surface area contributed by atoms with Gasteiger partial charge in [-0.15, -0.1) is 0 Å². The van der Waals surface area contributed by atoms with Gasteiger partial charge in [0, 0.05) is 0 Å². The molecule has 0 nitrogen and oxygen atoms in total. The van der Waals surface area contributed by atoms with Crippen LogP contribution in [0.3, 0.4) is 0 Å². The minimum atomic E-state index is -0.540. The quantitative estimate of drug-likeness (QED) is 0.418. The van der Waals surface area contributed by atoms with Crippen molar-refractivity contribution in [2.45, 2.75) is 24.9 Å². The maximum Gasteiger partial charge on any atom is 0.100 e. The Morgan fingerprint density at radius 1 is 1.00 bits per heavy atom. The van der Waals surface area contributed by atoms with Crippen LogP contribution in [-0.2, 0) is 0 Å². The van der Waals surface area contributed by atoms with E-state index in [1.54, 1.807) is 12.1 Å². The molecule has 0 radical (unpaired) electrons. The van der Waals surface area contributed by atoms with Crippen molar-refractivity contribution in [1.29, 1.82) is 0 Å². The molecule has 1 heteroatoms. The molecule has 0 atom stereocenters. The van der Waals surface area contributed by atoms with Crippen LogP contribution < -0.4 is 0 Å². The van der Waals surface area contributed by atoms with Crippen molar-refractivity contribution in [2.75, 3.05) is 0 Å². The summed E-state index contributed by atoms with van der Waals surface area (Å²) in [5, 5.41) is 0. The molecule has 0 aromatic rings. The summed E-state index contributed by atoms with van der Waals surface area (Å²) in [4.78, 5) is 0. The summed E-state index contributed by atoms with van der Waals surface area (Å²) in [6, 6.07) is 3.18. The van der Waals surface area contributed by atoms with Gasteiger partial charge < -0.3 is 0 Å². The van der Waals surface area contributed by atoms with E-state index in [1.807, 2.05) is 0 Å². The SMILES string of the molecule is C1=C[Si]12CCCC2. The van der Waals surface area contributed by atoms with Crippen molar-refractivity contribution in [2.24, 2.45) is 0 Å². The van der Waals surface area contributed by atoms with Crippen molar-refractivity contribution in [1.82, 2.24) is 0 Å². The first-order valence-electron chi connectivity index (χ1n) is 3.12. The van der Waals surface area contributed by atoms with E-state index in [2.05, 4.69) is 11.4 Å². The lowest BCUT2D eigenvalue weighted by Gasteiger charge is -1.96. The predicted molar refractivity (Wildman–Crippen MR) is 33.7 cm³/mol. The highest BCUT2D eigenvalue weighted by Gasteiger charge is 2.38. The minimum absolute atomic E-state index is 0.540. The molecule has 0 unspecified atom stereocenters. The van der Waals surface area contributed by atoms with Crippen LogP contribution in [0.4, 0.5) is 0 Å². The van der Waals surface area contributed by atoms with Gasteiger partial charge in [0.2, 0.25) is 0 Å². The summed E-state index contributed by atoms with van der Waals surface area (Å²) in [7, 11) is -0.540. The molecule has 0 aromatic carbocycles. The third kappa shape index (κ3) is 0.479. The van der Waals surface area contributed by atoms with Gasteiger partial charge in [-0.1, -0.05) is 36.3 Å². The van der Waals surface area contributed by atoms with Crippen molar-refractivity contribution in [3.63, 3.8) is 0 Å². The number of hydrogen-bond acceptors (Lipinski definition) is 0. The average Bonchev–Trinajstić information content (AvgIpc) is 2.15. The molecular weight excluding hydrogens is 100 g/mol. The lowest BCUT2D eigenvalue weighted by atomic mass is 10.4. The fourth-order valence-electron chi connectivity index (χ4n) is 1.48. The molecule has 7 heavy (non-hydrogen) atoms. The second-order valence-corrected chi connectivity index (χ2v) is 6.91. The van der Waals surface area contributed by atoms with Crippen LogP contribution in [0, 0.1) is 0 Å². The first kappa shape index (κ1) is 3.90. The summed E-state index contributed by atoms with van der Waals surface area (Å²) >= 11 is 0. The van der Waals surface area contributed by atoms with Crippen LogP contribution in [-0.4, -0.2) is 8.07 Å². The van der Waals surface area contributed by atoms with Crippen LogP contribution in [0.15, 0.2) is 11.4 Å². The Morgan fingerprint density at radius 2 is 1.57 bits per heavy atom. The largest absolute Gasteiger partial charge is 0.100 e. The van der Waals surface area contributed by atoms with Gasteiger partial charge in [0.25, 0.3) is 0 Å². The van der Waals surface area contributed by atoms with E-state index >= 15 is 0 Å². The standard InChI is InChI=1S/C6H10Si/c1-2-4-7(3-1)5-6-7/h5-6H,1-4H2. The molecule has 0 bridgehead atoms. The van der Waals surface area contributed by atoms with Gasteiger partial charge in [-0.3, -0.25) is 0 Å². The molecule has 2 rings (SSSR count). The van der Waals surface area contributed by atoms with Gasteiger partial charge >= 0.3 is 0 Å². The number of hydrogen-bond donors (Lipinski definition) is 0. The van der Waals surface area contributed by atoms with Crippen molar-refractivity contribution >= 4 is 8.07 Å². The molecule has 2 aliphatic rings. The zero-order chi connectivity index (χ0) is 4.74. The van der Waals surface area contributed by atoms with E-state index in [1.165, 1.54) is 12.8 Å². The highest BCUT2D eigenvalue weighted by Crippen LogP contribution is 2.39. The molecule has 0 aliphatic carbocycles. The van der Waals surface area contributed by atoms with E-state index < -0.39 is 8.07 Å². The molecule has 0 amide bonds. The molecule has 0 N–H and O–H groups in total. The zero-order valence-corrected chi connectivity index (χ0v) is 5.48. The lowest BCUT2D eigenvalue weighted by Crippen LogP contribution is -2.07. The third-order valence-electron chi connectivity index (χ3n) is 2.17. The van der Waals surface area contributed by atoms with E-state index in [9.17, 15) is 0 Å². The first-order chi connectivity index (χ1) is 3.41. The molecule has 38 valence electrons. The summed E-state index contributed by atoms with van der Waals surface area (Å²) < 4.78 is 0. The Bertz CT molecular complexity index is 101. The highest BCUT2D eigenvalue weighted by atomic mass is 28.3. The molecule has 1 saturated heterocycles. The van der Waals surface area contributed by atoms with Crippen LogP contribution >= 0.6 is 0 Å². The van der Waals surface area contributed by atoms with Gasteiger partial charge in [-0.25, -0.2) is 0 Å². The molecule has 2 heterocycles. The Balaban J connectivity index is 2.09. The number of rotatable bonds is 0. The summed E-state index contributed by atoms with van der Waals surface area (Å²) in [6.07, 6.45) is 3.05. The highest BCUT2D eigenvalue weighted by molar-refractivity contribution is 6.98. The topological polar surface area (TPSA) is 0 Å². The maximum absolute atomic E-state index is 2.50. The van der Waals surface area contributed by atoms with Crippen molar-refractivity contribution < 1.29 is 0 Å². The van der Waals surface area contributed by atoms with Gasteiger partial charge in [0.15, 0.2) is 0 Å². The fourth-order valence-corrected chi connectivity index (χ4v) is 5.16. The van der Waals surface area contributed by atoms with Gasteiger partial charge in [-0.2, -0.15) is 0 Å². The van der Waals surface area contributed by atoms with E-state index in [-0.39, 0.29) is 0 Å². The second kappa shape index (κ2) is 1.02. The normalized spacial score (nSPS) is 32.0. The summed E-state index contributed by atoms with van der Waals surface area (Å²) in [5.41, 5.74) is 5.00. The Hall–Kier alpha value is -0.0431. The second-order valence-electron chi connectivity index (χ2n) is 2.77.